The van der Waals surface area contributed by atoms with Crippen molar-refractivity contribution in [3.63, 3.8) is 0 Å². The topological polar surface area (TPSA) is 74.8 Å². The molecule has 2 bridgehead atoms. The van der Waals surface area contributed by atoms with Gasteiger partial charge < -0.3 is 0 Å². The van der Waals surface area contributed by atoms with Gasteiger partial charge in [-0.1, -0.05) is 83.4 Å². The first kappa shape index (κ1) is 27.5. The molecule has 6 nitrogen and oxygen atoms in total. The van der Waals surface area contributed by atoms with Gasteiger partial charge in [0.25, 0.3) is 0 Å². The molecule has 3 aromatic rings. The predicted octanol–water partition coefficient (Wildman–Crippen LogP) is 6.81. The number of imide groups is 2. The minimum absolute atomic E-state index is 0.246. The number of hydrogen-bond acceptors (Lipinski definition) is 4. The summed E-state index contributed by atoms with van der Waals surface area (Å²) in [6.45, 7) is 3.74. The normalized spacial score (nSPS) is 30.3. The van der Waals surface area contributed by atoms with Gasteiger partial charge in [0, 0.05) is 21.9 Å². The zero-order chi connectivity index (χ0) is 30.6. The van der Waals surface area contributed by atoms with Crippen molar-refractivity contribution in [3.05, 3.63) is 111 Å². The number of amides is 4. The van der Waals surface area contributed by atoms with Crippen molar-refractivity contribution in [3.8, 4) is 0 Å². The number of anilines is 2. The van der Waals surface area contributed by atoms with Crippen molar-refractivity contribution >= 4 is 63.8 Å². The number of carbonyl (C=O) groups excluding carboxylic acids is 4. The molecule has 2 aliphatic heterocycles. The molecule has 44 heavy (non-hydrogen) atoms. The first-order valence-corrected chi connectivity index (χ1v) is 15.7. The van der Waals surface area contributed by atoms with E-state index in [2.05, 4.69) is 6.08 Å². The highest BCUT2D eigenvalue weighted by Gasteiger charge is 2.67. The van der Waals surface area contributed by atoms with E-state index < -0.39 is 29.6 Å². The standard InChI is InChI=1S/C36H28Cl2N2O4/c1-17-8-10-20(14-26(17)37)39-33(41)25-16-24(19-6-4-3-5-7-19)28-22-12-13-23(29(28)32(25)36(39)44)31-30(22)34(42)40(35(31)43)21-11-9-18(2)27(38)15-21/h3-15,22-23,25,29-32H,16H2,1-2H3/t22-,23-,25+,29+,30-,31+,32-/m1/s1. The fraction of sp³-hybridized carbons (Fsp3) is 0.278. The van der Waals surface area contributed by atoms with Crippen LogP contribution in [-0.4, -0.2) is 23.6 Å². The van der Waals surface area contributed by atoms with Crippen molar-refractivity contribution in [2.24, 2.45) is 41.4 Å². The van der Waals surface area contributed by atoms with Crippen molar-refractivity contribution in [1.29, 1.82) is 0 Å². The van der Waals surface area contributed by atoms with Crippen LogP contribution in [0.25, 0.3) is 5.57 Å². The van der Waals surface area contributed by atoms with Crippen LogP contribution in [0, 0.1) is 55.3 Å². The van der Waals surface area contributed by atoms with Crippen molar-refractivity contribution in [2.45, 2.75) is 20.3 Å². The molecule has 0 radical (unpaired) electrons. The molecule has 8 heteroatoms. The summed E-state index contributed by atoms with van der Waals surface area (Å²) in [5.41, 5.74) is 5.60. The largest absolute Gasteiger partial charge is 0.274 e. The first-order chi connectivity index (χ1) is 21.2. The molecule has 2 saturated heterocycles. The second-order valence-corrected chi connectivity index (χ2v) is 13.4. The van der Waals surface area contributed by atoms with Gasteiger partial charge in [0.2, 0.25) is 23.6 Å². The summed E-state index contributed by atoms with van der Waals surface area (Å²) in [4.78, 5) is 59.4. The van der Waals surface area contributed by atoms with Gasteiger partial charge in [0.15, 0.2) is 0 Å². The first-order valence-electron chi connectivity index (χ1n) is 14.9. The van der Waals surface area contributed by atoms with Gasteiger partial charge in [0.05, 0.1) is 35.0 Å². The van der Waals surface area contributed by atoms with Crippen LogP contribution < -0.4 is 9.80 Å². The maximum atomic E-state index is 14.4. The molecular formula is C36H28Cl2N2O4. The third kappa shape index (κ3) is 3.67. The van der Waals surface area contributed by atoms with Gasteiger partial charge in [0.1, 0.15) is 0 Å². The molecule has 220 valence electrons. The monoisotopic (exact) mass is 622 g/mol. The van der Waals surface area contributed by atoms with Crippen LogP contribution in [0.15, 0.2) is 84.5 Å². The van der Waals surface area contributed by atoms with Gasteiger partial charge in [-0.25, -0.2) is 9.80 Å². The van der Waals surface area contributed by atoms with Crippen molar-refractivity contribution < 1.29 is 19.2 Å². The van der Waals surface area contributed by atoms with E-state index in [0.29, 0.717) is 27.8 Å². The molecular weight excluding hydrogens is 595 g/mol. The fourth-order valence-electron chi connectivity index (χ4n) is 8.47. The van der Waals surface area contributed by atoms with Gasteiger partial charge >= 0.3 is 0 Å². The van der Waals surface area contributed by atoms with E-state index in [1.54, 1.807) is 24.3 Å². The maximum Gasteiger partial charge on any atom is 0.238 e. The van der Waals surface area contributed by atoms with Crippen LogP contribution in [0.1, 0.15) is 23.1 Å². The number of benzene rings is 3. The van der Waals surface area contributed by atoms with Crippen LogP contribution in [0.2, 0.25) is 10.0 Å². The summed E-state index contributed by atoms with van der Waals surface area (Å²) >= 11 is 12.8. The van der Waals surface area contributed by atoms with Crippen LogP contribution in [0.4, 0.5) is 11.4 Å². The van der Waals surface area contributed by atoms with Crippen LogP contribution >= 0.6 is 23.2 Å². The van der Waals surface area contributed by atoms with Crippen LogP contribution in [0.3, 0.4) is 0 Å². The Morgan fingerprint density at radius 3 is 1.82 bits per heavy atom. The lowest BCUT2D eigenvalue weighted by Crippen LogP contribution is -2.51. The average Bonchev–Trinajstić information content (AvgIpc) is 3.45. The Hall–Kier alpha value is -4.00. The molecule has 1 saturated carbocycles. The lowest BCUT2D eigenvalue weighted by atomic mass is 9.49. The molecule has 0 N–H and O–H groups in total. The predicted molar refractivity (Wildman–Crippen MR) is 169 cm³/mol. The highest BCUT2D eigenvalue weighted by Crippen LogP contribution is 2.63. The fourth-order valence-corrected chi connectivity index (χ4v) is 8.82. The average molecular weight is 624 g/mol. The van der Waals surface area contributed by atoms with E-state index >= 15 is 0 Å². The summed E-state index contributed by atoms with van der Waals surface area (Å²) in [6.07, 6.45) is 4.45. The zero-order valence-electron chi connectivity index (χ0n) is 24.0. The van der Waals surface area contributed by atoms with Gasteiger partial charge in [-0.2, -0.15) is 0 Å². The minimum Gasteiger partial charge on any atom is -0.274 e. The molecule has 4 amide bonds. The Morgan fingerprint density at radius 1 is 0.636 bits per heavy atom. The highest BCUT2D eigenvalue weighted by molar-refractivity contribution is 6.33. The Labute approximate surface area is 264 Å². The number of aryl methyl sites for hydroxylation is 2. The highest BCUT2D eigenvalue weighted by atomic mass is 35.5. The molecule has 3 aromatic carbocycles. The molecule has 2 heterocycles. The van der Waals surface area contributed by atoms with Crippen LogP contribution in [0.5, 0.6) is 0 Å². The number of fused-ring (bicyclic) bond motifs is 1. The number of nitrogens with zero attached hydrogens (tertiary/aromatic N) is 2. The number of carbonyl (C=O) groups is 4. The quantitative estimate of drug-likeness (QED) is 0.237. The molecule has 3 fully saturated rings. The summed E-state index contributed by atoms with van der Waals surface area (Å²) in [6, 6.07) is 20.4. The second kappa shape index (κ2) is 9.75. The molecule has 7 atom stereocenters. The second-order valence-electron chi connectivity index (χ2n) is 12.6. The Bertz CT molecular complexity index is 1880. The third-order valence-corrected chi connectivity index (χ3v) is 11.3. The number of allylic oxidation sites excluding steroid dienone is 4. The lowest BCUT2D eigenvalue weighted by molar-refractivity contribution is -0.129. The zero-order valence-corrected chi connectivity index (χ0v) is 25.5. The van der Waals surface area contributed by atoms with E-state index in [9.17, 15) is 19.2 Å². The van der Waals surface area contributed by atoms with E-state index in [0.717, 1.165) is 27.8 Å². The molecule has 6 aliphatic rings. The van der Waals surface area contributed by atoms with E-state index in [1.807, 2.05) is 62.4 Å². The maximum absolute atomic E-state index is 14.4. The molecule has 0 aromatic heterocycles. The summed E-state index contributed by atoms with van der Waals surface area (Å²) in [7, 11) is 0. The van der Waals surface area contributed by atoms with E-state index in [1.165, 1.54) is 9.80 Å². The van der Waals surface area contributed by atoms with Crippen molar-refractivity contribution in [2.75, 3.05) is 9.80 Å². The Morgan fingerprint density at radius 2 is 1.20 bits per heavy atom. The summed E-state index contributed by atoms with van der Waals surface area (Å²) in [5.74, 6) is -4.65. The molecule has 0 spiro atoms. The lowest BCUT2D eigenvalue weighted by Gasteiger charge is -2.51. The van der Waals surface area contributed by atoms with E-state index in [-0.39, 0.29) is 35.5 Å². The minimum atomic E-state index is -0.644. The van der Waals surface area contributed by atoms with Crippen LogP contribution in [-0.2, 0) is 19.2 Å². The third-order valence-electron chi connectivity index (χ3n) is 10.5. The SMILES string of the molecule is Cc1ccc(N2C(=O)[C@H]3[C@@H]4C=C[C@H](C5=C(c6ccccc6)C[C@@H]6C(=O)N(c7ccc(C)c(Cl)c7)C(=O)[C@H]6[C@H]54)[C@H]3C2=O)cc1Cl. The van der Waals surface area contributed by atoms with Gasteiger partial charge in [-0.15, -0.1) is 0 Å². The molecule has 0 unspecified atom stereocenters. The Kier molecular flexibility index (Phi) is 6.10. The van der Waals surface area contributed by atoms with Gasteiger partial charge in [-0.05, 0) is 72.7 Å². The van der Waals surface area contributed by atoms with E-state index in [4.69, 9.17) is 23.2 Å². The summed E-state index contributed by atoms with van der Waals surface area (Å²) < 4.78 is 0. The van der Waals surface area contributed by atoms with Crippen molar-refractivity contribution in [1.82, 2.24) is 0 Å². The molecule has 4 aliphatic carbocycles. The number of hydrogen-bond donors (Lipinski definition) is 0. The molecule has 9 rings (SSSR count). The van der Waals surface area contributed by atoms with Gasteiger partial charge in [-0.3, -0.25) is 19.2 Å². The smallest absolute Gasteiger partial charge is 0.238 e. The Balaban J connectivity index is 1.28. The number of rotatable bonds is 3. The summed E-state index contributed by atoms with van der Waals surface area (Å²) in [5, 5.41) is 0.964. The number of halogens is 2.